The van der Waals surface area contributed by atoms with Crippen LogP contribution in [-0.4, -0.2) is 4.98 Å². The lowest BCUT2D eigenvalue weighted by atomic mass is 10.3. The Morgan fingerprint density at radius 1 is 1.60 bits per heavy atom. The van der Waals surface area contributed by atoms with E-state index in [-0.39, 0.29) is 5.56 Å². The smallest absolute Gasteiger partial charge is 0.254 e. The average Bonchev–Trinajstić information content (AvgIpc) is 1.88. The third-order valence-corrected chi connectivity index (χ3v) is 1.16. The highest BCUT2D eigenvalue weighted by atomic mass is 35.5. The van der Waals surface area contributed by atoms with Crippen molar-refractivity contribution in [3.8, 4) is 0 Å². The zero-order valence-corrected chi connectivity index (χ0v) is 5.57. The summed E-state index contributed by atoms with van der Waals surface area (Å²) in [6.45, 7) is 0. The molecule has 0 bridgehead atoms. The van der Waals surface area contributed by atoms with Gasteiger partial charge in [0, 0.05) is 6.20 Å². The van der Waals surface area contributed by atoms with Gasteiger partial charge in [0.2, 0.25) is 0 Å². The van der Waals surface area contributed by atoms with Gasteiger partial charge in [-0.1, -0.05) is 0 Å². The number of hydrogen-bond donors (Lipinski definition) is 0. The maximum absolute atomic E-state index is 12.2. The van der Waals surface area contributed by atoms with Crippen LogP contribution in [-0.2, 0) is 5.38 Å². The van der Waals surface area contributed by atoms with Crippen LogP contribution in [0, 0.1) is 6.20 Å². The molecule has 0 unspecified atom stereocenters. The van der Waals surface area contributed by atoms with Crippen molar-refractivity contribution >= 4 is 11.6 Å². The van der Waals surface area contributed by atoms with Crippen LogP contribution in [0.1, 0.15) is 5.56 Å². The van der Waals surface area contributed by atoms with E-state index in [1.54, 1.807) is 0 Å². The van der Waals surface area contributed by atoms with E-state index in [1.807, 2.05) is 0 Å². The van der Waals surface area contributed by atoms with Crippen molar-refractivity contribution in [1.82, 2.24) is 4.98 Å². The van der Waals surface area contributed by atoms with Crippen molar-refractivity contribution in [2.75, 3.05) is 0 Å². The van der Waals surface area contributed by atoms with Crippen molar-refractivity contribution in [2.24, 2.45) is 0 Å². The molecule has 1 aromatic heterocycles. The zero-order valence-electron chi connectivity index (χ0n) is 4.81. The number of nitrogens with zero attached hydrogens (tertiary/aromatic N) is 1. The van der Waals surface area contributed by atoms with Crippen LogP contribution < -0.4 is 0 Å². The molecular formula is C6H3ClF2N. The number of pyridine rings is 1. The second-order valence-corrected chi connectivity index (χ2v) is 2.15. The van der Waals surface area contributed by atoms with Gasteiger partial charge in [-0.3, -0.25) is 4.98 Å². The zero-order chi connectivity index (χ0) is 7.61. The number of alkyl halides is 3. The Labute approximate surface area is 61.7 Å². The lowest BCUT2D eigenvalue weighted by molar-refractivity contribution is 0.0947. The minimum atomic E-state index is -3.32. The van der Waals surface area contributed by atoms with Gasteiger partial charge in [-0.2, -0.15) is 8.78 Å². The first-order chi connectivity index (χ1) is 4.61. The van der Waals surface area contributed by atoms with Gasteiger partial charge in [-0.25, -0.2) is 0 Å². The van der Waals surface area contributed by atoms with Gasteiger partial charge < -0.3 is 0 Å². The topological polar surface area (TPSA) is 12.9 Å². The predicted octanol–water partition coefficient (Wildman–Crippen LogP) is 2.17. The fraction of sp³-hybridized carbons (Fsp3) is 0.167. The fourth-order valence-electron chi connectivity index (χ4n) is 0.488. The summed E-state index contributed by atoms with van der Waals surface area (Å²) in [5.74, 6) is 0. The molecule has 1 radical (unpaired) electrons. The first-order valence-corrected chi connectivity index (χ1v) is 2.88. The SMILES string of the molecule is FC(F)(Cl)c1cc[c]nc1. The lowest BCUT2D eigenvalue weighted by Gasteiger charge is -2.04. The van der Waals surface area contributed by atoms with E-state index in [0.717, 1.165) is 6.20 Å². The number of rotatable bonds is 1. The summed E-state index contributed by atoms with van der Waals surface area (Å²) in [5.41, 5.74) is -0.312. The molecule has 1 nitrogen and oxygen atoms in total. The van der Waals surface area contributed by atoms with Gasteiger partial charge in [0.15, 0.2) is 0 Å². The number of halogens is 3. The lowest BCUT2D eigenvalue weighted by Crippen LogP contribution is -2.02. The summed E-state index contributed by atoms with van der Waals surface area (Å²) >= 11 is 4.67. The van der Waals surface area contributed by atoms with E-state index in [1.165, 1.54) is 12.1 Å². The second kappa shape index (κ2) is 2.50. The number of aromatic nitrogens is 1. The molecular weight excluding hydrogens is 160 g/mol. The van der Waals surface area contributed by atoms with Crippen molar-refractivity contribution in [1.29, 1.82) is 0 Å². The fourth-order valence-corrected chi connectivity index (χ4v) is 0.599. The van der Waals surface area contributed by atoms with Crippen LogP contribution >= 0.6 is 11.6 Å². The highest BCUT2D eigenvalue weighted by Crippen LogP contribution is 2.30. The summed E-state index contributed by atoms with van der Waals surface area (Å²) in [5, 5.41) is -3.32. The molecule has 1 rings (SSSR count). The minimum Gasteiger partial charge on any atom is -0.254 e. The molecule has 10 heavy (non-hydrogen) atoms. The molecule has 1 aromatic rings. The highest BCUT2D eigenvalue weighted by molar-refractivity contribution is 6.21. The van der Waals surface area contributed by atoms with Crippen LogP contribution in [0.2, 0.25) is 0 Å². The van der Waals surface area contributed by atoms with E-state index in [0.29, 0.717) is 0 Å². The van der Waals surface area contributed by atoms with Gasteiger partial charge in [-0.15, -0.1) is 0 Å². The van der Waals surface area contributed by atoms with E-state index in [4.69, 9.17) is 0 Å². The molecule has 0 atom stereocenters. The molecule has 1 heterocycles. The van der Waals surface area contributed by atoms with Crippen LogP contribution in [0.4, 0.5) is 8.78 Å². The summed E-state index contributed by atoms with van der Waals surface area (Å²) in [6.07, 6.45) is 3.34. The first-order valence-electron chi connectivity index (χ1n) is 2.50. The van der Waals surface area contributed by atoms with E-state index < -0.39 is 5.38 Å². The molecule has 0 spiro atoms. The van der Waals surface area contributed by atoms with Gasteiger partial charge in [0.25, 0.3) is 0 Å². The Balaban J connectivity index is 2.97. The van der Waals surface area contributed by atoms with Crippen LogP contribution in [0.25, 0.3) is 0 Å². The predicted molar refractivity (Wildman–Crippen MR) is 32.8 cm³/mol. The molecule has 0 aliphatic rings. The average molecular weight is 163 g/mol. The largest absolute Gasteiger partial charge is 0.349 e. The molecule has 4 heteroatoms. The Hall–Kier alpha value is -0.700. The number of hydrogen-bond acceptors (Lipinski definition) is 1. The monoisotopic (exact) mass is 162 g/mol. The maximum atomic E-state index is 12.2. The van der Waals surface area contributed by atoms with Gasteiger partial charge >= 0.3 is 5.38 Å². The van der Waals surface area contributed by atoms with Crippen molar-refractivity contribution < 1.29 is 8.78 Å². The molecule has 0 aliphatic carbocycles. The molecule has 0 aliphatic heterocycles. The molecule has 0 N–H and O–H groups in total. The van der Waals surface area contributed by atoms with E-state index in [9.17, 15) is 8.78 Å². The molecule has 0 saturated carbocycles. The molecule has 53 valence electrons. The molecule has 0 aromatic carbocycles. The third kappa shape index (κ3) is 1.64. The van der Waals surface area contributed by atoms with Crippen LogP contribution in [0.15, 0.2) is 18.3 Å². The summed E-state index contributed by atoms with van der Waals surface area (Å²) in [6, 6.07) is 2.45. The van der Waals surface area contributed by atoms with Gasteiger partial charge in [0.1, 0.15) is 0 Å². The molecule has 0 saturated heterocycles. The van der Waals surface area contributed by atoms with Crippen molar-refractivity contribution in [2.45, 2.75) is 5.38 Å². The van der Waals surface area contributed by atoms with Gasteiger partial charge in [-0.05, 0) is 23.7 Å². The third-order valence-electron chi connectivity index (χ3n) is 0.943. The van der Waals surface area contributed by atoms with Crippen LogP contribution in [0.5, 0.6) is 0 Å². The van der Waals surface area contributed by atoms with Crippen LogP contribution in [0.3, 0.4) is 0 Å². The quantitative estimate of drug-likeness (QED) is 0.577. The summed E-state index contributed by atoms with van der Waals surface area (Å²) in [4.78, 5) is 3.36. The first kappa shape index (κ1) is 7.41. The summed E-state index contributed by atoms with van der Waals surface area (Å²) < 4.78 is 24.3. The molecule has 0 amide bonds. The highest BCUT2D eigenvalue weighted by Gasteiger charge is 2.27. The second-order valence-electron chi connectivity index (χ2n) is 1.67. The van der Waals surface area contributed by atoms with Gasteiger partial charge in [0.05, 0.1) is 11.8 Å². The minimum absolute atomic E-state index is 0.312. The Morgan fingerprint density at radius 3 is 2.60 bits per heavy atom. The standard InChI is InChI=1S/C6H3ClF2N/c7-6(8,9)5-2-1-3-10-4-5/h1-2,4H. The van der Waals surface area contributed by atoms with Crippen molar-refractivity contribution in [3.63, 3.8) is 0 Å². The summed E-state index contributed by atoms with van der Waals surface area (Å²) in [7, 11) is 0. The maximum Gasteiger partial charge on any atom is 0.349 e. The molecule has 0 fully saturated rings. The Morgan fingerprint density at radius 2 is 2.30 bits per heavy atom. The Kier molecular flexibility index (Phi) is 1.85. The van der Waals surface area contributed by atoms with E-state index in [2.05, 4.69) is 22.8 Å². The van der Waals surface area contributed by atoms with Crippen molar-refractivity contribution in [3.05, 3.63) is 30.1 Å². The Bertz CT molecular complexity index is 207. The van der Waals surface area contributed by atoms with E-state index >= 15 is 0 Å². The normalized spacial score (nSPS) is 11.5.